The van der Waals surface area contributed by atoms with Gasteiger partial charge < -0.3 is 14.8 Å². The molecule has 4 nitrogen and oxygen atoms in total. The van der Waals surface area contributed by atoms with Crippen molar-refractivity contribution >= 4 is 5.91 Å². The van der Waals surface area contributed by atoms with Crippen LogP contribution in [0.5, 0.6) is 5.75 Å². The molecule has 2 atom stereocenters. The van der Waals surface area contributed by atoms with Gasteiger partial charge in [0.1, 0.15) is 12.2 Å². The van der Waals surface area contributed by atoms with E-state index in [-0.39, 0.29) is 23.9 Å². The van der Waals surface area contributed by atoms with Gasteiger partial charge in [-0.1, -0.05) is 19.1 Å². The number of rotatable bonds is 6. The molecule has 1 aliphatic heterocycles. The second-order valence-electron chi connectivity index (χ2n) is 4.83. The first kappa shape index (κ1) is 14.8. The number of hydrogen-bond donors (Lipinski definition) is 1. The van der Waals surface area contributed by atoms with Crippen LogP contribution in [-0.2, 0) is 9.53 Å². The van der Waals surface area contributed by atoms with E-state index >= 15 is 0 Å². The summed E-state index contributed by atoms with van der Waals surface area (Å²) in [4.78, 5) is 11.8. The summed E-state index contributed by atoms with van der Waals surface area (Å²) >= 11 is 0. The standard InChI is InChI=1S/C15H20FNO3/c1-2-11(20-13-7-4-3-6-12(13)16)10-17-15(18)14-8-5-9-19-14/h3-4,6-7,11,14H,2,5,8-10H2,1H3,(H,17,18)/t11-,14+/m0/s1. The quantitative estimate of drug-likeness (QED) is 0.870. The maximum atomic E-state index is 13.5. The van der Waals surface area contributed by atoms with Gasteiger partial charge in [-0.3, -0.25) is 4.79 Å². The number of halogens is 1. The van der Waals surface area contributed by atoms with Gasteiger partial charge in [-0.2, -0.15) is 0 Å². The minimum Gasteiger partial charge on any atom is -0.486 e. The first-order chi connectivity index (χ1) is 9.70. The molecule has 1 aromatic carbocycles. The second-order valence-corrected chi connectivity index (χ2v) is 4.83. The molecule has 0 bridgehead atoms. The van der Waals surface area contributed by atoms with Crippen molar-refractivity contribution in [2.45, 2.75) is 38.4 Å². The first-order valence-corrected chi connectivity index (χ1v) is 7.01. The van der Waals surface area contributed by atoms with E-state index in [4.69, 9.17) is 9.47 Å². The maximum absolute atomic E-state index is 13.5. The molecule has 2 rings (SSSR count). The highest BCUT2D eigenvalue weighted by atomic mass is 19.1. The van der Waals surface area contributed by atoms with Crippen LogP contribution < -0.4 is 10.1 Å². The predicted molar refractivity (Wildman–Crippen MR) is 73.1 cm³/mol. The third kappa shape index (κ3) is 3.93. The third-order valence-electron chi connectivity index (χ3n) is 3.31. The maximum Gasteiger partial charge on any atom is 0.249 e. The molecule has 1 fully saturated rings. The number of carbonyl (C=O) groups excluding carboxylic acids is 1. The molecule has 1 heterocycles. The summed E-state index contributed by atoms with van der Waals surface area (Å²) in [5.41, 5.74) is 0. The lowest BCUT2D eigenvalue weighted by molar-refractivity contribution is -0.130. The Bertz CT molecular complexity index is 446. The molecule has 1 aromatic rings. The van der Waals surface area contributed by atoms with Crippen molar-refractivity contribution in [1.82, 2.24) is 5.32 Å². The van der Waals surface area contributed by atoms with Gasteiger partial charge in [0.25, 0.3) is 0 Å². The summed E-state index contributed by atoms with van der Waals surface area (Å²) < 4.78 is 24.4. The summed E-state index contributed by atoms with van der Waals surface area (Å²) in [6.45, 7) is 2.92. The number of carbonyl (C=O) groups is 1. The van der Waals surface area contributed by atoms with Crippen LogP contribution in [0.1, 0.15) is 26.2 Å². The fourth-order valence-electron chi connectivity index (χ4n) is 2.10. The van der Waals surface area contributed by atoms with E-state index < -0.39 is 5.82 Å². The molecule has 1 N–H and O–H groups in total. The van der Waals surface area contributed by atoms with Gasteiger partial charge in [0.05, 0.1) is 6.54 Å². The molecule has 0 aromatic heterocycles. The van der Waals surface area contributed by atoms with E-state index in [1.807, 2.05) is 6.92 Å². The molecule has 20 heavy (non-hydrogen) atoms. The van der Waals surface area contributed by atoms with Gasteiger partial charge in [0.2, 0.25) is 5.91 Å². The number of ether oxygens (including phenoxy) is 2. The van der Waals surface area contributed by atoms with Gasteiger partial charge in [-0.05, 0) is 31.4 Å². The Kier molecular flexibility index (Phi) is 5.35. The molecule has 1 aliphatic rings. The van der Waals surface area contributed by atoms with Crippen molar-refractivity contribution in [1.29, 1.82) is 0 Å². The Morgan fingerprint density at radius 2 is 2.35 bits per heavy atom. The Morgan fingerprint density at radius 3 is 3.00 bits per heavy atom. The van der Waals surface area contributed by atoms with Crippen LogP contribution in [0.25, 0.3) is 0 Å². The zero-order valence-corrected chi connectivity index (χ0v) is 11.6. The average molecular weight is 281 g/mol. The molecule has 5 heteroatoms. The fourth-order valence-corrected chi connectivity index (χ4v) is 2.10. The zero-order chi connectivity index (χ0) is 14.4. The number of hydrogen-bond acceptors (Lipinski definition) is 3. The predicted octanol–water partition coefficient (Wildman–Crippen LogP) is 2.28. The van der Waals surface area contributed by atoms with Gasteiger partial charge in [0, 0.05) is 6.61 Å². The Morgan fingerprint density at radius 1 is 1.55 bits per heavy atom. The molecular formula is C15H20FNO3. The highest BCUT2D eigenvalue weighted by molar-refractivity contribution is 5.80. The van der Waals surface area contributed by atoms with Crippen LogP contribution in [-0.4, -0.2) is 31.3 Å². The molecule has 0 saturated carbocycles. The van der Waals surface area contributed by atoms with E-state index in [1.165, 1.54) is 6.07 Å². The van der Waals surface area contributed by atoms with Crippen LogP contribution in [0, 0.1) is 5.82 Å². The van der Waals surface area contributed by atoms with Gasteiger partial charge in [-0.25, -0.2) is 4.39 Å². The number of nitrogens with one attached hydrogen (secondary N) is 1. The Balaban J connectivity index is 1.83. The van der Waals surface area contributed by atoms with Gasteiger partial charge in [0.15, 0.2) is 11.6 Å². The third-order valence-corrected chi connectivity index (χ3v) is 3.31. The summed E-state index contributed by atoms with van der Waals surface area (Å²) in [7, 11) is 0. The molecule has 0 aliphatic carbocycles. The summed E-state index contributed by atoms with van der Waals surface area (Å²) in [5, 5.41) is 2.80. The van der Waals surface area contributed by atoms with Crippen LogP contribution >= 0.6 is 0 Å². The van der Waals surface area contributed by atoms with Crippen molar-refractivity contribution in [3.05, 3.63) is 30.1 Å². The lowest BCUT2D eigenvalue weighted by atomic mass is 10.2. The molecule has 0 spiro atoms. The minimum absolute atomic E-state index is 0.113. The summed E-state index contributed by atoms with van der Waals surface area (Å²) in [6.07, 6.45) is 1.76. The van der Waals surface area contributed by atoms with Gasteiger partial charge in [-0.15, -0.1) is 0 Å². The first-order valence-electron chi connectivity index (χ1n) is 7.01. The minimum atomic E-state index is -0.392. The van der Waals surface area contributed by atoms with E-state index in [1.54, 1.807) is 18.2 Å². The monoisotopic (exact) mass is 281 g/mol. The topological polar surface area (TPSA) is 47.6 Å². The van der Waals surface area contributed by atoms with E-state index in [9.17, 15) is 9.18 Å². The van der Waals surface area contributed by atoms with Crippen molar-refractivity contribution in [3.8, 4) is 5.75 Å². The molecule has 110 valence electrons. The van der Waals surface area contributed by atoms with E-state index in [2.05, 4.69) is 5.32 Å². The second kappa shape index (κ2) is 7.24. The number of benzene rings is 1. The number of amides is 1. The van der Waals surface area contributed by atoms with Crippen LogP contribution in [0.3, 0.4) is 0 Å². The zero-order valence-electron chi connectivity index (χ0n) is 11.6. The molecular weight excluding hydrogens is 261 g/mol. The Hall–Kier alpha value is -1.62. The van der Waals surface area contributed by atoms with Crippen molar-refractivity contribution in [3.63, 3.8) is 0 Å². The lowest BCUT2D eigenvalue weighted by Crippen LogP contribution is -2.40. The molecule has 0 radical (unpaired) electrons. The number of para-hydroxylation sites is 1. The highest BCUT2D eigenvalue weighted by Crippen LogP contribution is 2.18. The van der Waals surface area contributed by atoms with Crippen LogP contribution in [0.2, 0.25) is 0 Å². The fraction of sp³-hybridized carbons (Fsp3) is 0.533. The smallest absolute Gasteiger partial charge is 0.249 e. The Labute approximate surface area is 118 Å². The largest absolute Gasteiger partial charge is 0.486 e. The molecule has 1 saturated heterocycles. The van der Waals surface area contributed by atoms with Gasteiger partial charge >= 0.3 is 0 Å². The SMILES string of the molecule is CC[C@@H](CNC(=O)[C@H]1CCCO1)Oc1ccccc1F. The lowest BCUT2D eigenvalue weighted by Gasteiger charge is -2.19. The van der Waals surface area contributed by atoms with E-state index in [0.717, 1.165) is 12.8 Å². The molecule has 0 unspecified atom stereocenters. The van der Waals surface area contributed by atoms with Crippen LogP contribution in [0.15, 0.2) is 24.3 Å². The highest BCUT2D eigenvalue weighted by Gasteiger charge is 2.24. The van der Waals surface area contributed by atoms with E-state index in [0.29, 0.717) is 19.6 Å². The average Bonchev–Trinajstić information content (AvgIpc) is 2.99. The van der Waals surface area contributed by atoms with Crippen molar-refractivity contribution < 1.29 is 18.7 Å². The summed E-state index contributed by atoms with van der Waals surface area (Å²) in [5.74, 6) is -0.291. The van der Waals surface area contributed by atoms with Crippen LogP contribution in [0.4, 0.5) is 4.39 Å². The normalized spacial score (nSPS) is 19.6. The van der Waals surface area contributed by atoms with Crippen molar-refractivity contribution in [2.75, 3.05) is 13.2 Å². The van der Waals surface area contributed by atoms with Crippen molar-refractivity contribution in [2.24, 2.45) is 0 Å². The summed E-state index contributed by atoms with van der Waals surface area (Å²) in [6, 6.07) is 6.27. The molecule has 1 amide bonds.